The number of nitrogens with one attached hydrogen (secondary N) is 1. The molecule has 1 aliphatic heterocycles. The van der Waals surface area contributed by atoms with Crippen molar-refractivity contribution in [3.63, 3.8) is 0 Å². The third kappa shape index (κ3) is 2.59. The number of hydrogen-bond acceptors (Lipinski definition) is 3. The summed E-state index contributed by atoms with van der Waals surface area (Å²) in [7, 11) is 0. The van der Waals surface area contributed by atoms with Gasteiger partial charge < -0.3 is 10.1 Å². The Morgan fingerprint density at radius 1 is 1.21 bits per heavy atom. The van der Waals surface area contributed by atoms with E-state index < -0.39 is 0 Å². The lowest BCUT2D eigenvalue weighted by Gasteiger charge is -2.06. The first kappa shape index (κ1) is 12.1. The predicted molar refractivity (Wildman–Crippen MR) is 72.1 cm³/mol. The van der Waals surface area contributed by atoms with Gasteiger partial charge in [-0.15, -0.1) is 0 Å². The van der Waals surface area contributed by atoms with Gasteiger partial charge in [0.1, 0.15) is 5.69 Å². The monoisotopic (exact) mass is 274 g/mol. The van der Waals surface area contributed by atoms with E-state index in [9.17, 15) is 4.79 Å². The molecule has 0 fully saturated rings. The van der Waals surface area contributed by atoms with E-state index in [1.807, 2.05) is 18.2 Å². The second-order valence-corrected chi connectivity index (χ2v) is 4.73. The minimum atomic E-state index is -0.277. The average Bonchev–Trinajstić information content (AvgIpc) is 2.86. The molecule has 1 aromatic heterocycles. The zero-order valence-corrected chi connectivity index (χ0v) is 10.8. The molecule has 2 aromatic rings. The van der Waals surface area contributed by atoms with Gasteiger partial charge in [-0.3, -0.25) is 9.78 Å². The third-order valence-corrected chi connectivity index (χ3v) is 3.17. The van der Waals surface area contributed by atoms with Crippen LogP contribution < -0.4 is 5.32 Å². The van der Waals surface area contributed by atoms with Gasteiger partial charge in [0.2, 0.25) is 0 Å². The zero-order chi connectivity index (χ0) is 13.2. The maximum absolute atomic E-state index is 12.0. The molecule has 0 bridgehead atoms. The summed E-state index contributed by atoms with van der Waals surface area (Å²) in [4.78, 5) is 16.0. The topological polar surface area (TPSA) is 51.2 Å². The molecule has 0 saturated carbocycles. The first-order chi connectivity index (χ1) is 9.22. The Kier molecular flexibility index (Phi) is 3.19. The van der Waals surface area contributed by atoms with Crippen molar-refractivity contribution in [3.05, 3.63) is 58.4 Å². The lowest BCUT2D eigenvalue weighted by Crippen LogP contribution is -2.13. The second-order valence-electron chi connectivity index (χ2n) is 4.29. The fraction of sp³-hybridized carbons (Fsp3) is 0.143. The van der Waals surface area contributed by atoms with Gasteiger partial charge in [-0.2, -0.15) is 0 Å². The van der Waals surface area contributed by atoms with E-state index in [1.54, 1.807) is 6.07 Å². The number of rotatable bonds is 2. The van der Waals surface area contributed by atoms with Crippen molar-refractivity contribution >= 4 is 23.2 Å². The van der Waals surface area contributed by atoms with Gasteiger partial charge in [0, 0.05) is 16.9 Å². The van der Waals surface area contributed by atoms with Gasteiger partial charge in [0.15, 0.2) is 0 Å². The van der Waals surface area contributed by atoms with Crippen LogP contribution in [0.3, 0.4) is 0 Å². The molecule has 5 heteroatoms. The molecule has 4 nitrogen and oxygen atoms in total. The van der Waals surface area contributed by atoms with Gasteiger partial charge in [-0.25, -0.2) is 0 Å². The summed E-state index contributed by atoms with van der Waals surface area (Å²) in [6.45, 7) is 1.23. The molecule has 19 heavy (non-hydrogen) atoms. The average molecular weight is 275 g/mol. The van der Waals surface area contributed by atoms with E-state index in [4.69, 9.17) is 16.3 Å². The minimum absolute atomic E-state index is 0.277. The number of nitrogens with zero attached hydrogens (tertiary/aromatic N) is 1. The summed E-state index contributed by atoms with van der Waals surface area (Å²) in [5, 5.41) is 3.29. The molecular weight excluding hydrogens is 264 g/mol. The number of fused-ring (bicyclic) bond motifs is 1. The van der Waals surface area contributed by atoms with Gasteiger partial charge in [0.25, 0.3) is 5.91 Å². The van der Waals surface area contributed by atoms with Gasteiger partial charge in [-0.05, 0) is 35.4 Å². The molecule has 0 saturated heterocycles. The van der Waals surface area contributed by atoms with Crippen LogP contribution in [0.4, 0.5) is 5.69 Å². The fourth-order valence-electron chi connectivity index (χ4n) is 1.97. The quantitative estimate of drug-likeness (QED) is 0.916. The Balaban J connectivity index is 1.80. The summed E-state index contributed by atoms with van der Waals surface area (Å²) in [5.41, 5.74) is 3.30. The number of anilines is 1. The number of benzene rings is 1. The van der Waals surface area contributed by atoms with Crippen molar-refractivity contribution < 1.29 is 9.53 Å². The van der Waals surface area contributed by atoms with E-state index in [-0.39, 0.29) is 5.91 Å². The molecule has 96 valence electrons. The minimum Gasteiger partial charge on any atom is -0.372 e. The molecule has 0 radical (unpaired) electrons. The first-order valence-electron chi connectivity index (χ1n) is 5.85. The molecule has 1 aromatic carbocycles. The molecule has 1 N–H and O–H groups in total. The first-order valence-corrected chi connectivity index (χ1v) is 6.22. The Morgan fingerprint density at radius 2 is 2.05 bits per heavy atom. The van der Waals surface area contributed by atoms with Crippen LogP contribution in [0.15, 0.2) is 36.5 Å². The maximum atomic E-state index is 12.0. The summed E-state index contributed by atoms with van der Waals surface area (Å²) >= 11 is 5.83. The Bertz CT molecular complexity index is 643. The molecule has 0 unspecified atom stereocenters. The number of aromatic nitrogens is 1. The molecule has 1 aliphatic rings. The summed E-state index contributed by atoms with van der Waals surface area (Å²) in [5.74, 6) is -0.277. The summed E-state index contributed by atoms with van der Waals surface area (Å²) in [6, 6.07) is 8.91. The van der Waals surface area contributed by atoms with E-state index >= 15 is 0 Å². The van der Waals surface area contributed by atoms with Crippen molar-refractivity contribution in [1.82, 2.24) is 4.98 Å². The molecule has 0 atom stereocenters. The van der Waals surface area contributed by atoms with Crippen molar-refractivity contribution in [2.75, 3.05) is 5.32 Å². The smallest absolute Gasteiger partial charge is 0.274 e. The highest BCUT2D eigenvalue weighted by atomic mass is 35.5. The van der Waals surface area contributed by atoms with Crippen LogP contribution in [0.5, 0.6) is 0 Å². The van der Waals surface area contributed by atoms with E-state index in [0.29, 0.717) is 23.9 Å². The van der Waals surface area contributed by atoms with Gasteiger partial charge in [-0.1, -0.05) is 17.7 Å². The van der Waals surface area contributed by atoms with Gasteiger partial charge >= 0.3 is 0 Å². The highest BCUT2D eigenvalue weighted by Gasteiger charge is 2.13. The van der Waals surface area contributed by atoms with Crippen molar-refractivity contribution in [2.24, 2.45) is 0 Å². The van der Waals surface area contributed by atoms with Crippen LogP contribution in [-0.4, -0.2) is 10.9 Å². The molecule has 2 heterocycles. The number of halogens is 1. The largest absolute Gasteiger partial charge is 0.372 e. The Morgan fingerprint density at radius 3 is 2.89 bits per heavy atom. The third-order valence-electron chi connectivity index (χ3n) is 2.93. The lowest BCUT2D eigenvalue weighted by molar-refractivity contribution is 0.102. The maximum Gasteiger partial charge on any atom is 0.274 e. The van der Waals surface area contributed by atoms with E-state index in [2.05, 4.69) is 10.3 Å². The van der Waals surface area contributed by atoms with Gasteiger partial charge in [0.05, 0.1) is 13.2 Å². The summed E-state index contributed by atoms with van der Waals surface area (Å²) < 4.78 is 5.33. The standard InChI is InChI=1S/C14H11ClN2O2/c15-11-3-4-16-13(6-11)14(18)17-12-2-1-9-7-19-8-10(9)5-12/h1-6H,7-8H2,(H,17,18). The van der Waals surface area contributed by atoms with Crippen LogP contribution in [0.1, 0.15) is 21.6 Å². The van der Waals surface area contributed by atoms with Crippen molar-refractivity contribution in [1.29, 1.82) is 0 Å². The Labute approximate surface area is 115 Å². The number of amides is 1. The zero-order valence-electron chi connectivity index (χ0n) is 10.0. The van der Waals surface area contributed by atoms with Crippen LogP contribution in [0.25, 0.3) is 0 Å². The number of pyridine rings is 1. The van der Waals surface area contributed by atoms with E-state index in [1.165, 1.54) is 17.8 Å². The van der Waals surface area contributed by atoms with E-state index in [0.717, 1.165) is 11.3 Å². The number of carbonyl (C=O) groups excluding carboxylic acids is 1. The SMILES string of the molecule is O=C(Nc1ccc2c(c1)COC2)c1cc(Cl)ccn1. The molecule has 3 rings (SSSR count). The van der Waals surface area contributed by atoms with Crippen LogP contribution in [-0.2, 0) is 18.0 Å². The molecule has 0 spiro atoms. The van der Waals surface area contributed by atoms with Crippen molar-refractivity contribution in [2.45, 2.75) is 13.2 Å². The fourth-order valence-corrected chi connectivity index (χ4v) is 2.13. The second kappa shape index (κ2) is 4.99. The predicted octanol–water partition coefficient (Wildman–Crippen LogP) is 3.02. The number of carbonyl (C=O) groups is 1. The number of ether oxygens (including phenoxy) is 1. The molecule has 0 aliphatic carbocycles. The molecule has 1 amide bonds. The van der Waals surface area contributed by atoms with Crippen LogP contribution >= 0.6 is 11.6 Å². The lowest BCUT2D eigenvalue weighted by atomic mass is 10.1. The van der Waals surface area contributed by atoms with Crippen LogP contribution in [0, 0.1) is 0 Å². The normalized spacial score (nSPS) is 13.1. The highest BCUT2D eigenvalue weighted by molar-refractivity contribution is 6.30. The van der Waals surface area contributed by atoms with Crippen molar-refractivity contribution in [3.8, 4) is 0 Å². The Hall–Kier alpha value is -1.91. The number of hydrogen-bond donors (Lipinski definition) is 1. The van der Waals surface area contributed by atoms with Crippen LogP contribution in [0.2, 0.25) is 5.02 Å². The molecular formula is C14H11ClN2O2. The highest BCUT2D eigenvalue weighted by Crippen LogP contribution is 2.23. The summed E-state index contributed by atoms with van der Waals surface area (Å²) in [6.07, 6.45) is 1.51.